The third-order valence-electron chi connectivity index (χ3n) is 3.27. The summed E-state index contributed by atoms with van der Waals surface area (Å²) >= 11 is 0. The van der Waals surface area contributed by atoms with Gasteiger partial charge in [0.25, 0.3) is 5.91 Å². The van der Waals surface area contributed by atoms with E-state index in [1.54, 1.807) is 25.4 Å². The van der Waals surface area contributed by atoms with Crippen molar-refractivity contribution in [2.75, 3.05) is 13.6 Å². The summed E-state index contributed by atoms with van der Waals surface area (Å²) in [5.74, 6) is -1.89. The van der Waals surface area contributed by atoms with Gasteiger partial charge in [0.1, 0.15) is 0 Å². The number of benzene rings is 1. The molecule has 6 heteroatoms. The molecule has 0 aromatic heterocycles. The molecule has 5 nitrogen and oxygen atoms in total. The van der Waals surface area contributed by atoms with Gasteiger partial charge in [-0.05, 0) is 47.9 Å². The van der Waals surface area contributed by atoms with Gasteiger partial charge in [0.15, 0.2) is 11.6 Å². The molecule has 1 aromatic rings. The standard InChI is InChI=1S/C18H20FN3O2/c1-4-15(12(2)7-8-21-3)14(10-20)11-22-18(24)13-5-6-17(23)16(19)9-13/h4-10,20,23H,1,11H2,2-3H3,(H,22,24)/b12-7-,15-14-,20-10?,21-8-. The van der Waals surface area contributed by atoms with Crippen LogP contribution >= 0.6 is 0 Å². The number of amides is 1. The summed E-state index contributed by atoms with van der Waals surface area (Å²) in [5, 5.41) is 19.3. The maximum absolute atomic E-state index is 13.3. The predicted octanol–water partition coefficient (Wildman–Crippen LogP) is 3.04. The van der Waals surface area contributed by atoms with Crippen molar-refractivity contribution in [1.82, 2.24) is 5.32 Å². The number of allylic oxidation sites excluding steroid dienone is 4. The molecule has 0 unspecified atom stereocenters. The average molecular weight is 329 g/mol. The quantitative estimate of drug-likeness (QED) is 0.530. The van der Waals surface area contributed by atoms with Crippen molar-refractivity contribution < 1.29 is 14.3 Å². The molecule has 0 aliphatic heterocycles. The van der Waals surface area contributed by atoms with Crippen LogP contribution in [-0.2, 0) is 0 Å². The van der Waals surface area contributed by atoms with E-state index in [9.17, 15) is 9.18 Å². The van der Waals surface area contributed by atoms with E-state index in [4.69, 9.17) is 10.5 Å². The molecule has 0 radical (unpaired) electrons. The van der Waals surface area contributed by atoms with E-state index in [0.29, 0.717) is 11.1 Å². The SMILES string of the molecule is C=CC(/C(C)=C\C=N/C)=C(\C=N)CNC(=O)c1ccc(O)c(F)c1. The lowest BCUT2D eigenvalue weighted by molar-refractivity contribution is 0.0957. The number of phenols is 1. The van der Waals surface area contributed by atoms with E-state index in [-0.39, 0.29) is 12.1 Å². The van der Waals surface area contributed by atoms with E-state index in [0.717, 1.165) is 23.9 Å². The third kappa shape index (κ3) is 5.01. The van der Waals surface area contributed by atoms with Crippen molar-refractivity contribution in [3.05, 3.63) is 65.0 Å². The van der Waals surface area contributed by atoms with Crippen molar-refractivity contribution in [3.8, 4) is 5.75 Å². The first-order valence-corrected chi connectivity index (χ1v) is 7.16. The summed E-state index contributed by atoms with van der Waals surface area (Å²) in [4.78, 5) is 15.9. The van der Waals surface area contributed by atoms with Gasteiger partial charge in [0, 0.05) is 31.6 Å². The molecule has 0 heterocycles. The molecule has 0 bridgehead atoms. The fourth-order valence-corrected chi connectivity index (χ4v) is 1.97. The Balaban J connectivity index is 2.96. The summed E-state index contributed by atoms with van der Waals surface area (Å²) in [6.45, 7) is 5.66. The van der Waals surface area contributed by atoms with Crippen molar-refractivity contribution >= 4 is 18.3 Å². The molecule has 0 saturated carbocycles. The summed E-state index contributed by atoms with van der Waals surface area (Å²) < 4.78 is 13.3. The van der Waals surface area contributed by atoms with Crippen molar-refractivity contribution in [2.45, 2.75) is 6.92 Å². The molecule has 1 amide bonds. The molecule has 24 heavy (non-hydrogen) atoms. The number of hydrogen-bond donors (Lipinski definition) is 3. The Morgan fingerprint density at radius 1 is 1.50 bits per heavy atom. The highest BCUT2D eigenvalue weighted by Crippen LogP contribution is 2.17. The number of halogens is 1. The Bertz CT molecular complexity index is 734. The summed E-state index contributed by atoms with van der Waals surface area (Å²) in [5.41, 5.74) is 2.19. The van der Waals surface area contributed by atoms with Gasteiger partial charge in [-0.15, -0.1) is 0 Å². The van der Waals surface area contributed by atoms with Crippen molar-refractivity contribution in [1.29, 1.82) is 5.41 Å². The second-order valence-electron chi connectivity index (χ2n) is 4.89. The highest BCUT2D eigenvalue weighted by Gasteiger charge is 2.11. The Kier molecular flexibility index (Phi) is 7.29. The number of nitrogens with one attached hydrogen (secondary N) is 2. The highest BCUT2D eigenvalue weighted by atomic mass is 19.1. The van der Waals surface area contributed by atoms with Crippen LogP contribution in [0.2, 0.25) is 0 Å². The molecule has 0 saturated heterocycles. The largest absolute Gasteiger partial charge is 0.505 e. The minimum absolute atomic E-state index is 0.0835. The zero-order valence-electron chi connectivity index (χ0n) is 13.6. The van der Waals surface area contributed by atoms with Crippen LogP contribution in [0.3, 0.4) is 0 Å². The molecule has 0 aliphatic rings. The number of nitrogens with zero attached hydrogens (tertiary/aromatic N) is 1. The zero-order chi connectivity index (χ0) is 18.1. The molecule has 1 aromatic carbocycles. The normalized spacial score (nSPS) is 12.7. The van der Waals surface area contributed by atoms with Crippen LogP contribution in [0, 0.1) is 11.2 Å². The van der Waals surface area contributed by atoms with Gasteiger partial charge < -0.3 is 15.8 Å². The summed E-state index contributed by atoms with van der Waals surface area (Å²) in [7, 11) is 1.65. The fraction of sp³-hybridized carbons (Fsp3) is 0.167. The summed E-state index contributed by atoms with van der Waals surface area (Å²) in [6, 6.07) is 3.39. The number of aromatic hydroxyl groups is 1. The first-order chi connectivity index (χ1) is 11.4. The molecule has 0 atom stereocenters. The molecular formula is C18H20FN3O2. The van der Waals surface area contributed by atoms with Crippen molar-refractivity contribution in [3.63, 3.8) is 0 Å². The van der Waals surface area contributed by atoms with Crippen LogP contribution in [0.25, 0.3) is 0 Å². The minimum Gasteiger partial charge on any atom is -0.505 e. The maximum Gasteiger partial charge on any atom is 0.251 e. The number of carbonyl (C=O) groups is 1. The van der Waals surface area contributed by atoms with E-state index >= 15 is 0 Å². The highest BCUT2D eigenvalue weighted by molar-refractivity contribution is 5.95. The Morgan fingerprint density at radius 2 is 2.21 bits per heavy atom. The van der Waals surface area contributed by atoms with E-state index < -0.39 is 17.5 Å². The fourth-order valence-electron chi connectivity index (χ4n) is 1.97. The van der Waals surface area contributed by atoms with Gasteiger partial charge in [-0.25, -0.2) is 4.39 Å². The molecular weight excluding hydrogens is 309 g/mol. The summed E-state index contributed by atoms with van der Waals surface area (Å²) in [6.07, 6.45) is 6.13. The van der Waals surface area contributed by atoms with Gasteiger partial charge in [0.05, 0.1) is 0 Å². The Labute approximate surface area is 140 Å². The van der Waals surface area contributed by atoms with Gasteiger partial charge in [0.2, 0.25) is 0 Å². The molecule has 0 fully saturated rings. The monoisotopic (exact) mass is 329 g/mol. The van der Waals surface area contributed by atoms with Crippen molar-refractivity contribution in [2.24, 2.45) is 4.99 Å². The minimum atomic E-state index is -0.866. The van der Waals surface area contributed by atoms with E-state index in [1.165, 1.54) is 6.07 Å². The zero-order valence-corrected chi connectivity index (χ0v) is 13.6. The van der Waals surface area contributed by atoms with Crippen LogP contribution in [0.5, 0.6) is 5.75 Å². The first-order valence-electron chi connectivity index (χ1n) is 7.16. The van der Waals surface area contributed by atoms with Crippen LogP contribution in [0.1, 0.15) is 17.3 Å². The van der Waals surface area contributed by atoms with Gasteiger partial charge in [-0.2, -0.15) is 0 Å². The van der Waals surface area contributed by atoms with Crippen LogP contribution < -0.4 is 5.32 Å². The second-order valence-corrected chi connectivity index (χ2v) is 4.89. The average Bonchev–Trinajstić information content (AvgIpc) is 2.58. The van der Waals surface area contributed by atoms with E-state index in [2.05, 4.69) is 16.9 Å². The smallest absolute Gasteiger partial charge is 0.251 e. The number of phenolic OH excluding ortho intramolecular Hbond substituents is 1. The third-order valence-corrected chi connectivity index (χ3v) is 3.27. The van der Waals surface area contributed by atoms with Gasteiger partial charge in [-0.1, -0.05) is 12.7 Å². The van der Waals surface area contributed by atoms with E-state index in [1.807, 2.05) is 6.92 Å². The lowest BCUT2D eigenvalue weighted by Crippen LogP contribution is -2.26. The number of rotatable bonds is 7. The topological polar surface area (TPSA) is 85.5 Å². The van der Waals surface area contributed by atoms with Crippen LogP contribution in [0.4, 0.5) is 4.39 Å². The Hall–Kier alpha value is -3.02. The number of aliphatic imine (C=N–C) groups is 1. The van der Waals surface area contributed by atoms with Gasteiger partial charge >= 0.3 is 0 Å². The molecule has 1 rings (SSSR count). The predicted molar refractivity (Wildman–Crippen MR) is 94.6 cm³/mol. The second kappa shape index (κ2) is 9.19. The molecule has 126 valence electrons. The number of carbonyl (C=O) groups excluding carboxylic acids is 1. The molecule has 0 aliphatic carbocycles. The van der Waals surface area contributed by atoms with Crippen LogP contribution in [-0.4, -0.2) is 37.0 Å². The molecule has 3 N–H and O–H groups in total. The first kappa shape index (κ1) is 19.0. The van der Waals surface area contributed by atoms with Gasteiger partial charge in [-0.3, -0.25) is 9.79 Å². The maximum atomic E-state index is 13.3. The lowest BCUT2D eigenvalue weighted by Gasteiger charge is -2.11. The lowest BCUT2D eigenvalue weighted by atomic mass is 10.0. The molecule has 0 spiro atoms. The Morgan fingerprint density at radius 3 is 2.75 bits per heavy atom. The number of hydrogen-bond acceptors (Lipinski definition) is 4. The van der Waals surface area contributed by atoms with Crippen LogP contribution in [0.15, 0.2) is 58.6 Å².